The Morgan fingerprint density at radius 3 is 2.58 bits per heavy atom. The number of benzene rings is 2. The van der Waals surface area contributed by atoms with E-state index < -0.39 is 5.97 Å². The number of hydrogen-bond acceptors (Lipinski definition) is 3. The van der Waals surface area contributed by atoms with Gasteiger partial charge in [-0.05, 0) is 18.6 Å². The standard InChI is InChI=1S/C19H16N2O2S/c1-2-14-17-16(19(22)23)20-18(12-8-4-3-5-9-12)21(17)13-10-6-7-11-15(13)24-14/h3-11,14H,2H2,1H3,(H,22,23). The third kappa shape index (κ3) is 2.24. The maximum atomic E-state index is 11.8. The summed E-state index contributed by atoms with van der Waals surface area (Å²) in [5.74, 6) is -0.284. The molecule has 2 heterocycles. The van der Waals surface area contributed by atoms with Crippen molar-refractivity contribution in [2.24, 2.45) is 0 Å². The Balaban J connectivity index is 2.07. The van der Waals surface area contributed by atoms with Crippen molar-refractivity contribution in [1.29, 1.82) is 0 Å². The molecule has 1 aliphatic rings. The predicted molar refractivity (Wildman–Crippen MR) is 94.8 cm³/mol. The lowest BCUT2D eigenvalue weighted by atomic mass is 10.1. The Hall–Kier alpha value is -2.53. The molecular formula is C19H16N2O2S. The van der Waals surface area contributed by atoms with Crippen LogP contribution in [0.3, 0.4) is 0 Å². The molecule has 0 saturated carbocycles. The zero-order valence-corrected chi connectivity index (χ0v) is 14.0. The van der Waals surface area contributed by atoms with E-state index >= 15 is 0 Å². The Labute approximate surface area is 144 Å². The van der Waals surface area contributed by atoms with Crippen molar-refractivity contribution >= 4 is 17.7 Å². The van der Waals surface area contributed by atoms with Crippen molar-refractivity contribution in [1.82, 2.24) is 9.55 Å². The number of aromatic carboxylic acids is 1. The second kappa shape index (κ2) is 5.83. The van der Waals surface area contributed by atoms with Crippen molar-refractivity contribution in [2.45, 2.75) is 23.5 Å². The molecule has 0 bridgehead atoms. The monoisotopic (exact) mass is 336 g/mol. The third-order valence-corrected chi connectivity index (χ3v) is 5.64. The highest BCUT2D eigenvalue weighted by molar-refractivity contribution is 7.99. The molecule has 24 heavy (non-hydrogen) atoms. The summed E-state index contributed by atoms with van der Waals surface area (Å²) >= 11 is 1.72. The van der Waals surface area contributed by atoms with E-state index in [2.05, 4.69) is 18.0 Å². The van der Waals surface area contributed by atoms with Crippen LogP contribution in [-0.4, -0.2) is 20.6 Å². The second-order valence-electron chi connectivity index (χ2n) is 5.66. The highest BCUT2D eigenvalue weighted by Crippen LogP contribution is 2.48. The van der Waals surface area contributed by atoms with Gasteiger partial charge in [0.2, 0.25) is 0 Å². The first kappa shape index (κ1) is 15.0. The average molecular weight is 336 g/mol. The quantitative estimate of drug-likeness (QED) is 0.747. The first-order valence-corrected chi connectivity index (χ1v) is 8.76. The number of thioether (sulfide) groups is 1. The van der Waals surface area contributed by atoms with E-state index in [1.807, 2.05) is 53.1 Å². The zero-order chi connectivity index (χ0) is 16.7. The number of carbonyl (C=O) groups is 1. The molecule has 4 nitrogen and oxygen atoms in total. The molecule has 5 heteroatoms. The third-order valence-electron chi connectivity index (χ3n) is 4.20. The minimum Gasteiger partial charge on any atom is -0.476 e. The second-order valence-corrected chi connectivity index (χ2v) is 6.90. The SMILES string of the molecule is CCC1Sc2ccccc2-n2c(-c3ccccc3)nc(C(=O)O)c21. The van der Waals surface area contributed by atoms with Gasteiger partial charge in [0.15, 0.2) is 5.69 Å². The van der Waals surface area contributed by atoms with E-state index in [0.717, 1.165) is 28.3 Å². The van der Waals surface area contributed by atoms with Gasteiger partial charge in [0, 0.05) is 10.5 Å². The van der Waals surface area contributed by atoms with Crippen LogP contribution in [0.2, 0.25) is 0 Å². The fourth-order valence-corrected chi connectivity index (χ4v) is 4.38. The van der Waals surface area contributed by atoms with Crippen LogP contribution >= 0.6 is 11.8 Å². The molecule has 0 fully saturated rings. The lowest BCUT2D eigenvalue weighted by molar-refractivity contribution is 0.0689. The van der Waals surface area contributed by atoms with Crippen LogP contribution < -0.4 is 0 Å². The van der Waals surface area contributed by atoms with Gasteiger partial charge in [-0.2, -0.15) is 0 Å². The maximum Gasteiger partial charge on any atom is 0.356 e. The number of imidazole rings is 1. The molecule has 3 aromatic rings. The summed E-state index contributed by atoms with van der Waals surface area (Å²) < 4.78 is 2.03. The van der Waals surface area contributed by atoms with Crippen molar-refractivity contribution in [2.75, 3.05) is 0 Å². The van der Waals surface area contributed by atoms with Crippen molar-refractivity contribution in [3.63, 3.8) is 0 Å². The lowest BCUT2D eigenvalue weighted by Crippen LogP contribution is -2.14. The maximum absolute atomic E-state index is 11.8. The molecule has 2 aromatic carbocycles. The number of nitrogens with zero attached hydrogens (tertiary/aromatic N) is 2. The van der Waals surface area contributed by atoms with Crippen molar-refractivity contribution < 1.29 is 9.90 Å². The summed E-state index contributed by atoms with van der Waals surface area (Å²) in [7, 11) is 0. The van der Waals surface area contributed by atoms with Crippen molar-refractivity contribution in [3.8, 4) is 17.1 Å². The molecule has 4 rings (SSSR count). The van der Waals surface area contributed by atoms with E-state index in [9.17, 15) is 9.90 Å². The Kier molecular flexibility index (Phi) is 3.65. The number of hydrogen-bond donors (Lipinski definition) is 1. The fraction of sp³-hybridized carbons (Fsp3) is 0.158. The summed E-state index contributed by atoms with van der Waals surface area (Å²) in [4.78, 5) is 17.5. The molecule has 1 N–H and O–H groups in total. The van der Waals surface area contributed by atoms with Crippen LogP contribution in [0.1, 0.15) is 34.8 Å². The molecule has 0 radical (unpaired) electrons. The highest BCUT2D eigenvalue weighted by atomic mass is 32.2. The van der Waals surface area contributed by atoms with Crippen LogP contribution in [0.15, 0.2) is 59.5 Å². The summed E-state index contributed by atoms with van der Waals surface area (Å²) in [5, 5.41) is 9.76. The normalized spacial score (nSPS) is 15.6. The van der Waals surface area contributed by atoms with Gasteiger partial charge >= 0.3 is 5.97 Å². The van der Waals surface area contributed by atoms with Gasteiger partial charge in [0.1, 0.15) is 5.82 Å². The van der Waals surface area contributed by atoms with Gasteiger partial charge < -0.3 is 5.11 Å². The number of para-hydroxylation sites is 1. The topological polar surface area (TPSA) is 55.1 Å². The largest absolute Gasteiger partial charge is 0.476 e. The predicted octanol–water partition coefficient (Wildman–Crippen LogP) is 4.79. The van der Waals surface area contributed by atoms with Crippen LogP contribution in [-0.2, 0) is 0 Å². The average Bonchev–Trinajstić information content (AvgIpc) is 3.03. The Bertz CT molecular complexity index is 918. The number of aromatic nitrogens is 2. The fourth-order valence-electron chi connectivity index (χ4n) is 3.14. The summed E-state index contributed by atoms with van der Waals surface area (Å²) in [5.41, 5.74) is 2.86. The van der Waals surface area contributed by atoms with E-state index in [1.54, 1.807) is 11.8 Å². The number of carboxylic acids is 1. The highest BCUT2D eigenvalue weighted by Gasteiger charge is 2.33. The molecule has 1 aliphatic heterocycles. The van der Waals surface area contributed by atoms with Gasteiger partial charge in [-0.25, -0.2) is 9.78 Å². The molecule has 1 unspecified atom stereocenters. The minimum atomic E-state index is -0.973. The van der Waals surface area contributed by atoms with E-state index in [4.69, 9.17) is 0 Å². The van der Waals surface area contributed by atoms with Crippen LogP contribution in [0.4, 0.5) is 0 Å². The van der Waals surface area contributed by atoms with E-state index in [1.165, 1.54) is 0 Å². The van der Waals surface area contributed by atoms with Crippen LogP contribution in [0.25, 0.3) is 17.1 Å². The zero-order valence-electron chi connectivity index (χ0n) is 13.1. The van der Waals surface area contributed by atoms with Crippen LogP contribution in [0, 0.1) is 0 Å². The molecule has 1 atom stereocenters. The first-order chi connectivity index (χ1) is 11.7. The van der Waals surface area contributed by atoms with E-state index in [-0.39, 0.29) is 10.9 Å². The Morgan fingerprint density at radius 2 is 1.88 bits per heavy atom. The summed E-state index contributed by atoms with van der Waals surface area (Å²) in [6, 6.07) is 17.9. The molecular weight excluding hydrogens is 320 g/mol. The summed E-state index contributed by atoms with van der Waals surface area (Å²) in [6.45, 7) is 2.08. The molecule has 0 amide bonds. The molecule has 1 aromatic heterocycles. The number of rotatable bonds is 3. The molecule has 120 valence electrons. The first-order valence-electron chi connectivity index (χ1n) is 7.88. The van der Waals surface area contributed by atoms with Gasteiger partial charge in [0.05, 0.1) is 16.6 Å². The molecule has 0 saturated heterocycles. The van der Waals surface area contributed by atoms with Gasteiger partial charge in [-0.3, -0.25) is 4.57 Å². The van der Waals surface area contributed by atoms with Gasteiger partial charge in [-0.1, -0.05) is 49.4 Å². The van der Waals surface area contributed by atoms with E-state index in [0.29, 0.717) is 5.82 Å². The smallest absolute Gasteiger partial charge is 0.356 e. The van der Waals surface area contributed by atoms with Gasteiger partial charge in [-0.15, -0.1) is 11.8 Å². The number of carboxylic acid groups (broad SMARTS) is 1. The number of fused-ring (bicyclic) bond motifs is 3. The van der Waals surface area contributed by atoms with Crippen LogP contribution in [0.5, 0.6) is 0 Å². The van der Waals surface area contributed by atoms with Gasteiger partial charge in [0.25, 0.3) is 0 Å². The molecule has 0 spiro atoms. The minimum absolute atomic E-state index is 0.0796. The van der Waals surface area contributed by atoms with Crippen molar-refractivity contribution in [3.05, 3.63) is 66.0 Å². The molecule has 0 aliphatic carbocycles. The lowest BCUT2D eigenvalue weighted by Gasteiger charge is -2.26. The Morgan fingerprint density at radius 1 is 1.17 bits per heavy atom. The summed E-state index contributed by atoms with van der Waals surface area (Å²) in [6.07, 6.45) is 0.846.